The molecule has 22 nitrogen and oxygen atoms in total. The van der Waals surface area contributed by atoms with E-state index < -0.39 is 108 Å². The number of carboxylic acids is 1. The van der Waals surface area contributed by atoms with Crippen LogP contribution in [0.25, 0.3) is 10.9 Å². The highest BCUT2D eigenvalue weighted by Crippen LogP contribution is 2.25. The van der Waals surface area contributed by atoms with Gasteiger partial charge in [0, 0.05) is 41.4 Å². The molecule has 3 aromatic carbocycles. The van der Waals surface area contributed by atoms with E-state index in [0.29, 0.717) is 30.5 Å². The monoisotopic (exact) mass is 1080 g/mol. The average molecular weight is 1080 g/mol. The Hall–Kier alpha value is -6.70. The number of hydrogen-bond donors (Lipinski definition) is 14. The van der Waals surface area contributed by atoms with Gasteiger partial charge in [-0.05, 0) is 87.5 Å². The lowest BCUT2D eigenvalue weighted by Crippen LogP contribution is -2.62. The summed E-state index contributed by atoms with van der Waals surface area (Å²) in [5, 5.41) is 63.2. The number of phenols is 1. The van der Waals surface area contributed by atoms with Gasteiger partial charge in [-0.15, -0.1) is 0 Å². The van der Waals surface area contributed by atoms with Gasteiger partial charge >= 0.3 is 5.97 Å². The van der Waals surface area contributed by atoms with Crippen LogP contribution < -0.4 is 48.3 Å². The summed E-state index contributed by atoms with van der Waals surface area (Å²) < 4.78 is 0. The average Bonchev–Trinajstić information content (AvgIpc) is 3.79. The second-order valence-corrected chi connectivity index (χ2v) is 20.7. The number of aromatic nitrogens is 1. The number of aliphatic hydroxyl groups is 2. The number of H-pyrrole nitrogens is 1. The molecule has 1 aliphatic heterocycles. The maximum absolute atomic E-state index is 14.8. The summed E-state index contributed by atoms with van der Waals surface area (Å²) in [6.45, 7) is 4.78. The highest BCUT2D eigenvalue weighted by atomic mass is 33.1. The molecule has 1 aromatic heterocycles. The lowest BCUT2D eigenvalue weighted by Gasteiger charge is -2.29. The number of aromatic amines is 1. The molecule has 1 fully saturated rings. The quantitative estimate of drug-likeness (QED) is 0.0421. The topological polar surface area (TPSA) is 356 Å². The normalized spacial score (nSPS) is 22.2. The second kappa shape index (κ2) is 29.4. The van der Waals surface area contributed by atoms with E-state index in [1.807, 2.05) is 55.5 Å². The molecule has 0 spiro atoms. The van der Waals surface area contributed by atoms with Gasteiger partial charge in [-0.2, -0.15) is 0 Å². The van der Waals surface area contributed by atoms with Crippen LogP contribution in [0.4, 0.5) is 0 Å². The maximum atomic E-state index is 14.8. The van der Waals surface area contributed by atoms with E-state index in [0.717, 1.165) is 45.0 Å². The second-order valence-electron chi connectivity index (χ2n) is 18.2. The van der Waals surface area contributed by atoms with Crippen molar-refractivity contribution in [3.05, 3.63) is 102 Å². The van der Waals surface area contributed by atoms with Gasteiger partial charge in [0.25, 0.3) is 0 Å². The van der Waals surface area contributed by atoms with Crippen LogP contribution in [0, 0.1) is 0 Å². The summed E-state index contributed by atoms with van der Waals surface area (Å²) in [4.78, 5) is 116. The van der Waals surface area contributed by atoms with Crippen LogP contribution in [0.1, 0.15) is 56.7 Å². The summed E-state index contributed by atoms with van der Waals surface area (Å²) in [6.07, 6.45) is -0.834. The number of carboxylic acid groups (broad SMARTS) is 1. The minimum absolute atomic E-state index is 0.0158. The SMILES string of the molecule is CCN[C@H](Cc1ccccc1)C(=O)N[C@H]1CSSC[C@@H](C(=O)N[C@H](C(=O)O)C(C)O)NC(=O)[C@H](C(C)O)NC(=O)[C@H](CCCCN)NC(=O)[C@@H](Cc2c[nH]c3ccccc23)NC(=O)[C@H](Cc2ccc(O)cc2)NC1=O. The molecule has 10 atom stereocenters. The number of benzene rings is 3. The Morgan fingerprint density at radius 3 is 2.01 bits per heavy atom. The largest absolute Gasteiger partial charge is 0.508 e. The van der Waals surface area contributed by atoms with Crippen LogP contribution in [-0.2, 0) is 57.6 Å². The molecule has 75 heavy (non-hydrogen) atoms. The summed E-state index contributed by atoms with van der Waals surface area (Å²) in [7, 11) is 1.92. The highest BCUT2D eigenvalue weighted by Gasteiger charge is 2.37. The van der Waals surface area contributed by atoms with Gasteiger partial charge in [-0.25, -0.2) is 4.79 Å². The van der Waals surface area contributed by atoms with E-state index in [-0.39, 0.29) is 49.5 Å². The number of likely N-dealkylation sites (N-methyl/N-ethyl adjacent to an activating group) is 1. The van der Waals surface area contributed by atoms with Crippen molar-refractivity contribution in [3.63, 3.8) is 0 Å². The first-order chi connectivity index (χ1) is 35.9. The van der Waals surface area contributed by atoms with Crippen LogP contribution in [0.15, 0.2) is 85.1 Å². The molecular weight excluding hydrogens is 1010 g/mol. The van der Waals surface area contributed by atoms with Crippen LogP contribution in [0.2, 0.25) is 0 Å². The van der Waals surface area contributed by atoms with Crippen LogP contribution in [-0.4, -0.2) is 158 Å². The van der Waals surface area contributed by atoms with E-state index in [4.69, 9.17) is 5.73 Å². The number of unbranched alkanes of at least 4 members (excludes halogenated alkanes) is 1. The molecule has 0 saturated carbocycles. The Kier molecular flexibility index (Phi) is 23.2. The Labute approximate surface area is 442 Å². The number of fused-ring (bicyclic) bond motifs is 1. The number of para-hydroxylation sites is 1. The van der Waals surface area contributed by atoms with Gasteiger partial charge in [-0.1, -0.05) is 89.2 Å². The molecule has 15 N–H and O–H groups in total. The third-order valence-electron chi connectivity index (χ3n) is 12.3. The third kappa shape index (κ3) is 18.0. The maximum Gasteiger partial charge on any atom is 0.328 e. The molecule has 0 bridgehead atoms. The molecule has 2 heterocycles. The number of phenolic OH excluding ortho intramolecular Hbond substituents is 1. The predicted octanol–water partition coefficient (Wildman–Crippen LogP) is -0.357. The van der Waals surface area contributed by atoms with Crippen molar-refractivity contribution in [1.29, 1.82) is 0 Å². The smallest absolute Gasteiger partial charge is 0.328 e. The molecule has 24 heteroatoms. The van der Waals surface area contributed by atoms with Crippen molar-refractivity contribution in [3.8, 4) is 5.75 Å². The first kappa shape index (κ1) is 59.2. The number of carbonyl (C=O) groups is 8. The molecular formula is C51H68N10O12S2. The van der Waals surface area contributed by atoms with E-state index in [9.17, 15) is 58.8 Å². The molecule has 5 rings (SSSR count). The van der Waals surface area contributed by atoms with Gasteiger partial charge in [0.05, 0.1) is 18.2 Å². The van der Waals surface area contributed by atoms with Gasteiger partial charge in [0.1, 0.15) is 42.0 Å². The fourth-order valence-electron chi connectivity index (χ4n) is 8.17. The van der Waals surface area contributed by atoms with E-state index in [1.54, 1.807) is 24.4 Å². The minimum Gasteiger partial charge on any atom is -0.508 e. The fraction of sp³-hybridized carbons (Fsp3) is 0.451. The van der Waals surface area contributed by atoms with Crippen LogP contribution in [0.5, 0.6) is 5.75 Å². The summed E-state index contributed by atoms with van der Waals surface area (Å²) in [5.41, 5.74) is 8.46. The number of nitrogens with one attached hydrogen (secondary N) is 9. The number of nitrogens with two attached hydrogens (primary N) is 1. The Morgan fingerprint density at radius 1 is 0.733 bits per heavy atom. The molecule has 7 amide bonds. The first-order valence-electron chi connectivity index (χ1n) is 24.6. The molecule has 4 aromatic rings. The molecule has 1 aliphatic rings. The van der Waals surface area contributed by atoms with Gasteiger partial charge in [0.15, 0.2) is 6.04 Å². The number of hydrogen-bond acceptors (Lipinski definition) is 15. The lowest BCUT2D eigenvalue weighted by molar-refractivity contribution is -0.145. The number of aromatic hydroxyl groups is 1. The summed E-state index contributed by atoms with van der Waals surface area (Å²) >= 11 is 0. The zero-order valence-electron chi connectivity index (χ0n) is 41.9. The standard InChI is InChI=1S/C51H68N10O12S2/c1-4-53-37(22-30-12-6-5-7-13-30)45(66)58-40-26-74-75-27-41(49(70)61-43(29(3)63)51(72)73)59-50(71)42(28(2)62)60-44(65)36(16-10-11-21-52)55-47(68)39(24-32-25-54-35-15-9-8-14-34(32)35)57-46(67)38(56-48(40)69)23-31-17-19-33(64)20-18-31/h5-9,12-15,17-20,25,28-29,36-43,53-54,62-64H,4,10-11,16,21-24,26-27,52H2,1-3H3,(H,55,68)(H,56,69)(H,57,67)(H,58,66)(H,59,71)(H,60,65)(H,61,70)(H,72,73)/t28?,29?,36-,37+,38-,39+,40-,41-,42-,43-/m0/s1. The number of aliphatic carboxylic acids is 1. The first-order valence-corrected chi connectivity index (χ1v) is 27.1. The van der Waals surface area contributed by atoms with E-state index in [1.165, 1.54) is 19.1 Å². The number of carbonyl (C=O) groups excluding carboxylic acids is 7. The fourth-order valence-corrected chi connectivity index (χ4v) is 10.5. The van der Waals surface area contributed by atoms with E-state index >= 15 is 0 Å². The van der Waals surface area contributed by atoms with Crippen molar-refractivity contribution in [2.75, 3.05) is 24.6 Å². The third-order valence-corrected chi connectivity index (χ3v) is 14.7. The molecule has 406 valence electrons. The van der Waals surface area contributed by atoms with Gasteiger partial charge in [0.2, 0.25) is 41.4 Å². The van der Waals surface area contributed by atoms with E-state index in [2.05, 4.69) is 47.5 Å². The molecule has 0 aliphatic carbocycles. The Balaban J connectivity index is 1.60. The van der Waals surface area contributed by atoms with Crippen LogP contribution in [0.3, 0.4) is 0 Å². The summed E-state index contributed by atoms with van der Waals surface area (Å²) in [6, 6.07) is 10.8. The van der Waals surface area contributed by atoms with Crippen molar-refractivity contribution < 1.29 is 58.8 Å². The summed E-state index contributed by atoms with van der Waals surface area (Å²) in [5.74, 6) is -8.27. The molecule has 1 saturated heterocycles. The van der Waals surface area contributed by atoms with Crippen molar-refractivity contribution in [2.24, 2.45) is 5.73 Å². The zero-order valence-corrected chi connectivity index (χ0v) is 43.5. The lowest BCUT2D eigenvalue weighted by atomic mass is 10.0. The van der Waals surface area contributed by atoms with Crippen LogP contribution >= 0.6 is 21.6 Å². The number of rotatable bonds is 19. The van der Waals surface area contributed by atoms with Crippen molar-refractivity contribution >= 4 is 79.8 Å². The molecule has 2 unspecified atom stereocenters. The number of aliphatic hydroxyl groups excluding tert-OH is 2. The van der Waals surface area contributed by atoms with Gasteiger partial charge < -0.3 is 73.7 Å². The minimum atomic E-state index is -1.81. The Morgan fingerprint density at radius 2 is 1.36 bits per heavy atom. The highest BCUT2D eigenvalue weighted by molar-refractivity contribution is 8.76. The zero-order chi connectivity index (χ0) is 54.6. The van der Waals surface area contributed by atoms with Crippen molar-refractivity contribution in [2.45, 2.75) is 120 Å². The predicted molar refractivity (Wildman–Crippen MR) is 284 cm³/mol. The number of amides is 7. The molecule has 0 radical (unpaired) electrons. The van der Waals surface area contributed by atoms with Gasteiger partial charge in [-0.3, -0.25) is 33.6 Å². The Bertz CT molecular complexity index is 2570. The van der Waals surface area contributed by atoms with Crippen molar-refractivity contribution in [1.82, 2.24) is 47.5 Å².